The van der Waals surface area contributed by atoms with Crippen LogP contribution in [-0.2, 0) is 4.79 Å². The van der Waals surface area contributed by atoms with Crippen molar-refractivity contribution in [1.29, 1.82) is 0 Å². The zero-order valence-electron chi connectivity index (χ0n) is 14.4. The van der Waals surface area contributed by atoms with Gasteiger partial charge in [0.15, 0.2) is 0 Å². The minimum Gasteiger partial charge on any atom is -0.494 e. The fourth-order valence-corrected chi connectivity index (χ4v) is 2.82. The second-order valence-electron chi connectivity index (χ2n) is 5.86. The second kappa shape index (κ2) is 7.86. The van der Waals surface area contributed by atoms with Crippen LogP contribution < -0.4 is 20.3 Å². The zero-order valence-corrected chi connectivity index (χ0v) is 14.4. The molecule has 0 aliphatic carbocycles. The topological polar surface area (TPSA) is 70.7 Å². The van der Waals surface area contributed by atoms with Gasteiger partial charge in [0.2, 0.25) is 5.91 Å². The van der Waals surface area contributed by atoms with Gasteiger partial charge >= 0.3 is 6.03 Å². The summed E-state index contributed by atoms with van der Waals surface area (Å²) in [6.45, 7) is 2.94. The molecular formula is C19H20FN3O3. The molecule has 1 fully saturated rings. The van der Waals surface area contributed by atoms with Crippen molar-refractivity contribution < 1.29 is 18.7 Å². The Balaban J connectivity index is 1.56. The normalized spacial score (nSPS) is 16.5. The highest BCUT2D eigenvalue weighted by molar-refractivity contribution is 6.02. The summed E-state index contributed by atoms with van der Waals surface area (Å²) >= 11 is 0. The van der Waals surface area contributed by atoms with E-state index in [1.165, 1.54) is 12.1 Å². The van der Waals surface area contributed by atoms with Crippen molar-refractivity contribution in [1.82, 2.24) is 5.32 Å². The molecule has 26 heavy (non-hydrogen) atoms. The number of rotatable bonds is 5. The lowest BCUT2D eigenvalue weighted by Crippen LogP contribution is -2.43. The first-order valence-corrected chi connectivity index (χ1v) is 8.44. The summed E-state index contributed by atoms with van der Waals surface area (Å²) in [6, 6.07) is 11.6. The molecule has 1 heterocycles. The standard InChI is InChI=1S/C19H20FN3O3/c1-2-26-16-9-5-14(6-10-16)21-19(25)22-17-11-12-23(18(17)24)15-7-3-13(20)4-8-15/h3-10,17H,2,11-12H2,1H3,(H2,21,22,25)/t17-/m0/s1. The summed E-state index contributed by atoms with van der Waals surface area (Å²) in [4.78, 5) is 26.2. The number of carbonyl (C=O) groups excluding carboxylic acids is 2. The van der Waals surface area contributed by atoms with Crippen LogP contribution in [0.3, 0.4) is 0 Å². The molecule has 3 rings (SSSR count). The van der Waals surface area contributed by atoms with Crippen molar-refractivity contribution in [2.24, 2.45) is 0 Å². The summed E-state index contributed by atoms with van der Waals surface area (Å²) in [5.74, 6) is 0.155. The maximum absolute atomic E-state index is 13.0. The van der Waals surface area contributed by atoms with Crippen molar-refractivity contribution in [3.8, 4) is 5.75 Å². The Morgan fingerprint density at radius 3 is 2.54 bits per heavy atom. The average molecular weight is 357 g/mol. The molecular weight excluding hydrogens is 337 g/mol. The van der Waals surface area contributed by atoms with Crippen molar-refractivity contribution in [2.45, 2.75) is 19.4 Å². The summed E-state index contributed by atoms with van der Waals surface area (Å²) in [6.07, 6.45) is 0.493. The summed E-state index contributed by atoms with van der Waals surface area (Å²) in [5, 5.41) is 5.38. The highest BCUT2D eigenvalue weighted by Crippen LogP contribution is 2.22. The molecule has 0 aromatic heterocycles. The molecule has 2 aromatic rings. The zero-order chi connectivity index (χ0) is 18.5. The molecule has 1 saturated heterocycles. The number of amides is 3. The lowest BCUT2D eigenvalue weighted by Gasteiger charge is -2.17. The molecule has 1 aliphatic heterocycles. The third-order valence-electron chi connectivity index (χ3n) is 4.07. The van der Waals surface area contributed by atoms with Gasteiger partial charge in [-0.15, -0.1) is 0 Å². The van der Waals surface area contributed by atoms with Crippen molar-refractivity contribution in [3.63, 3.8) is 0 Å². The van der Waals surface area contributed by atoms with Crippen LogP contribution in [0.2, 0.25) is 0 Å². The van der Waals surface area contributed by atoms with Gasteiger partial charge < -0.3 is 20.3 Å². The van der Waals surface area contributed by atoms with E-state index in [9.17, 15) is 14.0 Å². The number of halogens is 1. The Morgan fingerprint density at radius 2 is 1.88 bits per heavy atom. The fraction of sp³-hybridized carbons (Fsp3) is 0.263. The first-order chi connectivity index (χ1) is 12.6. The van der Waals surface area contributed by atoms with E-state index in [0.29, 0.717) is 30.9 Å². The molecule has 136 valence electrons. The van der Waals surface area contributed by atoms with Crippen LogP contribution in [0.1, 0.15) is 13.3 Å². The molecule has 1 atom stereocenters. The predicted octanol–water partition coefficient (Wildman–Crippen LogP) is 3.15. The van der Waals surface area contributed by atoms with Gasteiger partial charge in [-0.05, 0) is 61.9 Å². The van der Waals surface area contributed by atoms with Gasteiger partial charge in [-0.3, -0.25) is 4.79 Å². The van der Waals surface area contributed by atoms with Crippen LogP contribution in [0, 0.1) is 5.82 Å². The summed E-state index contributed by atoms with van der Waals surface area (Å²) in [7, 11) is 0. The van der Waals surface area contributed by atoms with Crippen molar-refractivity contribution in [3.05, 3.63) is 54.3 Å². The molecule has 2 N–H and O–H groups in total. The van der Waals surface area contributed by atoms with E-state index in [1.54, 1.807) is 41.3 Å². The number of anilines is 2. The van der Waals surface area contributed by atoms with E-state index in [1.807, 2.05) is 6.92 Å². The maximum Gasteiger partial charge on any atom is 0.319 e. The van der Waals surface area contributed by atoms with E-state index in [-0.39, 0.29) is 11.7 Å². The van der Waals surface area contributed by atoms with Crippen LogP contribution in [0.5, 0.6) is 5.75 Å². The lowest BCUT2D eigenvalue weighted by molar-refractivity contribution is -0.118. The highest BCUT2D eigenvalue weighted by atomic mass is 19.1. The quantitative estimate of drug-likeness (QED) is 0.864. The number of hydrogen-bond donors (Lipinski definition) is 2. The number of ether oxygens (including phenoxy) is 1. The average Bonchev–Trinajstić information content (AvgIpc) is 2.98. The van der Waals surface area contributed by atoms with E-state index >= 15 is 0 Å². The molecule has 0 unspecified atom stereocenters. The van der Waals surface area contributed by atoms with Gasteiger partial charge in [0.05, 0.1) is 6.61 Å². The Labute approximate surface area is 150 Å². The summed E-state index contributed by atoms with van der Waals surface area (Å²) in [5.41, 5.74) is 1.22. The Kier molecular flexibility index (Phi) is 5.36. The molecule has 1 aliphatic rings. The molecule has 0 bridgehead atoms. The van der Waals surface area contributed by atoms with E-state index in [0.717, 1.165) is 5.75 Å². The van der Waals surface area contributed by atoms with Crippen LogP contribution in [-0.4, -0.2) is 31.1 Å². The lowest BCUT2D eigenvalue weighted by atomic mass is 10.2. The Morgan fingerprint density at radius 1 is 1.19 bits per heavy atom. The minimum absolute atomic E-state index is 0.210. The SMILES string of the molecule is CCOc1ccc(NC(=O)N[C@H]2CCN(c3ccc(F)cc3)C2=O)cc1. The first-order valence-electron chi connectivity index (χ1n) is 8.44. The van der Waals surface area contributed by atoms with Crippen LogP contribution in [0.25, 0.3) is 0 Å². The van der Waals surface area contributed by atoms with Crippen molar-refractivity contribution in [2.75, 3.05) is 23.4 Å². The fourth-order valence-electron chi connectivity index (χ4n) is 2.82. The number of nitrogens with zero attached hydrogens (tertiary/aromatic N) is 1. The van der Waals surface area contributed by atoms with Crippen LogP contribution in [0.15, 0.2) is 48.5 Å². The van der Waals surface area contributed by atoms with E-state index in [4.69, 9.17) is 4.74 Å². The molecule has 0 radical (unpaired) electrons. The molecule has 0 spiro atoms. The smallest absolute Gasteiger partial charge is 0.319 e. The third-order valence-corrected chi connectivity index (χ3v) is 4.07. The van der Waals surface area contributed by atoms with Gasteiger partial charge in [-0.25, -0.2) is 9.18 Å². The van der Waals surface area contributed by atoms with Crippen LogP contribution in [0.4, 0.5) is 20.6 Å². The summed E-state index contributed by atoms with van der Waals surface area (Å²) < 4.78 is 18.4. The molecule has 6 nitrogen and oxygen atoms in total. The molecule has 0 saturated carbocycles. The number of hydrogen-bond acceptors (Lipinski definition) is 3. The predicted molar refractivity (Wildman–Crippen MR) is 96.9 cm³/mol. The van der Waals surface area contributed by atoms with E-state index < -0.39 is 12.1 Å². The number of carbonyl (C=O) groups is 2. The molecule has 3 amide bonds. The molecule has 2 aromatic carbocycles. The number of nitrogens with one attached hydrogen (secondary N) is 2. The van der Waals surface area contributed by atoms with Gasteiger partial charge in [0.1, 0.15) is 17.6 Å². The number of benzene rings is 2. The van der Waals surface area contributed by atoms with Crippen molar-refractivity contribution >= 4 is 23.3 Å². The second-order valence-corrected chi connectivity index (χ2v) is 5.86. The van der Waals surface area contributed by atoms with Gasteiger partial charge in [-0.1, -0.05) is 0 Å². The minimum atomic E-state index is -0.609. The monoisotopic (exact) mass is 357 g/mol. The third kappa shape index (κ3) is 4.11. The Bertz CT molecular complexity index is 778. The Hall–Kier alpha value is -3.09. The molecule has 7 heteroatoms. The van der Waals surface area contributed by atoms with Crippen LogP contribution >= 0.6 is 0 Å². The highest BCUT2D eigenvalue weighted by Gasteiger charge is 2.33. The number of urea groups is 1. The van der Waals surface area contributed by atoms with Gasteiger partial charge in [-0.2, -0.15) is 0 Å². The largest absolute Gasteiger partial charge is 0.494 e. The van der Waals surface area contributed by atoms with Gasteiger partial charge in [0, 0.05) is 17.9 Å². The maximum atomic E-state index is 13.0. The van der Waals surface area contributed by atoms with E-state index in [2.05, 4.69) is 10.6 Å². The first kappa shape index (κ1) is 17.7. The van der Waals surface area contributed by atoms with Gasteiger partial charge in [0.25, 0.3) is 0 Å².